The van der Waals surface area contributed by atoms with Crippen molar-refractivity contribution in [2.24, 2.45) is 0 Å². The van der Waals surface area contributed by atoms with Gasteiger partial charge in [-0.3, -0.25) is 9.59 Å². The number of anilines is 2. The Hall–Kier alpha value is -2.73. The molecule has 5 nitrogen and oxygen atoms in total. The molecular weight excluding hydrogens is 333 g/mol. The molecule has 0 aliphatic carbocycles. The molecule has 1 unspecified atom stereocenters. The quantitative estimate of drug-likeness (QED) is 0.836. The highest BCUT2D eigenvalue weighted by Crippen LogP contribution is 2.24. The number of carbonyl (C=O) groups is 2. The van der Waals surface area contributed by atoms with Gasteiger partial charge in [-0.15, -0.1) is 0 Å². The van der Waals surface area contributed by atoms with Crippen LogP contribution in [-0.2, 0) is 9.59 Å². The molecule has 0 spiro atoms. The Balaban J connectivity index is 1.57. The van der Waals surface area contributed by atoms with Gasteiger partial charge in [0.25, 0.3) is 0 Å². The van der Waals surface area contributed by atoms with Crippen LogP contribution in [0, 0.1) is 5.82 Å². The van der Waals surface area contributed by atoms with Crippen molar-refractivity contribution in [2.45, 2.75) is 25.8 Å². The summed E-state index contributed by atoms with van der Waals surface area (Å²) < 4.78 is 13.8. The number of hydrogen-bond donors (Lipinski definition) is 2. The number of amides is 2. The lowest BCUT2D eigenvalue weighted by atomic mass is 10.1. The molecule has 136 valence electrons. The molecule has 1 saturated heterocycles. The zero-order valence-corrected chi connectivity index (χ0v) is 14.7. The van der Waals surface area contributed by atoms with Crippen molar-refractivity contribution in [2.75, 3.05) is 23.3 Å². The summed E-state index contributed by atoms with van der Waals surface area (Å²) in [6.07, 6.45) is 1.42. The fraction of sp³-hybridized carbons (Fsp3) is 0.300. The second kappa shape index (κ2) is 8.10. The monoisotopic (exact) mass is 355 g/mol. The number of halogens is 1. The van der Waals surface area contributed by atoms with Crippen LogP contribution < -0.4 is 15.5 Å². The van der Waals surface area contributed by atoms with Crippen LogP contribution in [0.2, 0.25) is 0 Å². The molecule has 0 bridgehead atoms. The van der Waals surface area contributed by atoms with Crippen LogP contribution >= 0.6 is 0 Å². The predicted molar refractivity (Wildman–Crippen MR) is 99.5 cm³/mol. The van der Waals surface area contributed by atoms with Crippen molar-refractivity contribution in [1.82, 2.24) is 5.32 Å². The first kappa shape index (κ1) is 18.1. The lowest BCUT2D eigenvalue weighted by molar-refractivity contribution is -0.117. The summed E-state index contributed by atoms with van der Waals surface area (Å²) in [6.45, 7) is 2.58. The molecule has 0 radical (unpaired) electrons. The Bertz CT molecular complexity index is 809. The molecule has 2 aromatic carbocycles. The average Bonchev–Trinajstić information content (AvgIpc) is 3.06. The van der Waals surface area contributed by atoms with Gasteiger partial charge < -0.3 is 15.5 Å². The van der Waals surface area contributed by atoms with E-state index < -0.39 is 0 Å². The van der Waals surface area contributed by atoms with Gasteiger partial charge in [0.15, 0.2) is 0 Å². The molecule has 6 heteroatoms. The number of rotatable bonds is 6. The molecule has 1 fully saturated rings. The van der Waals surface area contributed by atoms with E-state index in [2.05, 4.69) is 10.6 Å². The van der Waals surface area contributed by atoms with Gasteiger partial charge in [0, 0.05) is 35.9 Å². The minimum atomic E-state index is -0.295. The predicted octanol–water partition coefficient (Wildman–Crippen LogP) is 3.24. The maximum Gasteiger partial charge on any atom is 0.238 e. The third-order valence-corrected chi connectivity index (χ3v) is 4.46. The summed E-state index contributed by atoms with van der Waals surface area (Å²) in [5.74, 6) is -0.414. The lowest BCUT2D eigenvalue weighted by Gasteiger charge is -2.17. The Morgan fingerprint density at radius 3 is 2.77 bits per heavy atom. The van der Waals surface area contributed by atoms with Gasteiger partial charge in [-0.05, 0) is 37.6 Å². The van der Waals surface area contributed by atoms with Crippen molar-refractivity contribution >= 4 is 23.2 Å². The van der Waals surface area contributed by atoms with Crippen molar-refractivity contribution < 1.29 is 14.0 Å². The van der Waals surface area contributed by atoms with Crippen LogP contribution in [0.25, 0.3) is 0 Å². The molecule has 0 aromatic heterocycles. The van der Waals surface area contributed by atoms with Crippen LogP contribution in [-0.4, -0.2) is 24.9 Å². The first-order valence-corrected chi connectivity index (χ1v) is 8.72. The van der Waals surface area contributed by atoms with Gasteiger partial charge in [-0.1, -0.05) is 24.3 Å². The highest BCUT2D eigenvalue weighted by molar-refractivity contribution is 5.97. The Labute approximate surface area is 152 Å². The zero-order chi connectivity index (χ0) is 18.5. The maximum atomic E-state index is 13.8. The van der Waals surface area contributed by atoms with E-state index in [0.717, 1.165) is 12.1 Å². The van der Waals surface area contributed by atoms with Crippen LogP contribution in [0.4, 0.5) is 15.8 Å². The first-order chi connectivity index (χ1) is 12.5. The number of nitrogens with one attached hydrogen (secondary N) is 2. The Morgan fingerprint density at radius 1 is 1.23 bits per heavy atom. The number of carbonyl (C=O) groups excluding carboxylic acids is 2. The second-order valence-corrected chi connectivity index (χ2v) is 6.37. The Morgan fingerprint density at radius 2 is 2.04 bits per heavy atom. The molecule has 2 amide bonds. The molecule has 0 saturated carbocycles. The van der Waals surface area contributed by atoms with E-state index in [1.807, 2.05) is 19.1 Å². The van der Waals surface area contributed by atoms with E-state index in [1.165, 1.54) is 6.07 Å². The molecule has 3 rings (SSSR count). The van der Waals surface area contributed by atoms with Crippen molar-refractivity contribution in [3.05, 3.63) is 59.9 Å². The summed E-state index contributed by atoms with van der Waals surface area (Å²) in [5, 5.41) is 5.83. The average molecular weight is 355 g/mol. The van der Waals surface area contributed by atoms with Crippen LogP contribution in [0.1, 0.15) is 31.4 Å². The van der Waals surface area contributed by atoms with Gasteiger partial charge in [-0.2, -0.15) is 0 Å². The largest absolute Gasteiger partial charge is 0.325 e. The van der Waals surface area contributed by atoms with Crippen LogP contribution in [0.3, 0.4) is 0 Å². The SMILES string of the molecule is CC(NCC(=O)Nc1cccc(N2CCCC2=O)c1)c1ccccc1F. The normalized spacial score (nSPS) is 15.2. The van der Waals surface area contributed by atoms with Gasteiger partial charge in [0.05, 0.1) is 6.54 Å². The van der Waals surface area contributed by atoms with Gasteiger partial charge >= 0.3 is 0 Å². The van der Waals surface area contributed by atoms with E-state index >= 15 is 0 Å². The van der Waals surface area contributed by atoms with Crippen molar-refractivity contribution in [3.63, 3.8) is 0 Å². The molecule has 1 aliphatic rings. The van der Waals surface area contributed by atoms with Gasteiger partial charge in [0.1, 0.15) is 5.82 Å². The summed E-state index contributed by atoms with van der Waals surface area (Å²) >= 11 is 0. The highest BCUT2D eigenvalue weighted by atomic mass is 19.1. The highest BCUT2D eigenvalue weighted by Gasteiger charge is 2.21. The Kier molecular flexibility index (Phi) is 5.63. The topological polar surface area (TPSA) is 61.4 Å². The smallest absolute Gasteiger partial charge is 0.238 e. The van der Waals surface area contributed by atoms with E-state index in [9.17, 15) is 14.0 Å². The maximum absolute atomic E-state index is 13.8. The minimum absolute atomic E-state index is 0.0579. The standard InChI is InChI=1S/C20H22FN3O2/c1-14(17-8-2-3-9-18(17)21)22-13-19(25)23-15-6-4-7-16(12-15)24-11-5-10-20(24)26/h2-4,6-9,12,14,22H,5,10-11,13H2,1H3,(H,23,25). The summed E-state index contributed by atoms with van der Waals surface area (Å²) in [6, 6.07) is 13.5. The van der Waals surface area contributed by atoms with Crippen molar-refractivity contribution in [3.8, 4) is 0 Å². The second-order valence-electron chi connectivity index (χ2n) is 6.37. The number of nitrogens with zero attached hydrogens (tertiary/aromatic N) is 1. The van der Waals surface area contributed by atoms with Crippen LogP contribution in [0.5, 0.6) is 0 Å². The van der Waals surface area contributed by atoms with E-state index in [-0.39, 0.29) is 30.2 Å². The first-order valence-electron chi connectivity index (χ1n) is 8.72. The molecule has 2 aromatic rings. The molecule has 1 atom stereocenters. The fourth-order valence-corrected chi connectivity index (χ4v) is 3.06. The van der Waals surface area contributed by atoms with E-state index in [4.69, 9.17) is 0 Å². The number of hydrogen-bond acceptors (Lipinski definition) is 3. The molecular formula is C20H22FN3O2. The third kappa shape index (κ3) is 4.26. The fourth-order valence-electron chi connectivity index (χ4n) is 3.06. The van der Waals surface area contributed by atoms with Gasteiger partial charge in [-0.25, -0.2) is 4.39 Å². The molecule has 26 heavy (non-hydrogen) atoms. The van der Waals surface area contributed by atoms with Crippen LogP contribution in [0.15, 0.2) is 48.5 Å². The zero-order valence-electron chi connectivity index (χ0n) is 14.7. The molecule has 2 N–H and O–H groups in total. The minimum Gasteiger partial charge on any atom is -0.325 e. The molecule has 1 heterocycles. The molecule has 1 aliphatic heterocycles. The van der Waals surface area contributed by atoms with E-state index in [1.54, 1.807) is 35.2 Å². The summed E-state index contributed by atoms with van der Waals surface area (Å²) in [7, 11) is 0. The lowest BCUT2D eigenvalue weighted by Crippen LogP contribution is -2.30. The van der Waals surface area contributed by atoms with Crippen molar-refractivity contribution in [1.29, 1.82) is 0 Å². The van der Waals surface area contributed by atoms with Gasteiger partial charge in [0.2, 0.25) is 11.8 Å². The third-order valence-electron chi connectivity index (χ3n) is 4.46. The summed E-state index contributed by atoms with van der Waals surface area (Å²) in [4.78, 5) is 25.8. The van der Waals surface area contributed by atoms with E-state index in [0.29, 0.717) is 24.2 Å². The number of benzene rings is 2. The summed E-state index contributed by atoms with van der Waals surface area (Å²) in [5.41, 5.74) is 1.94.